The highest BCUT2D eigenvalue weighted by atomic mass is 15.3. The largest absolute Gasteiger partial charge is 0.305 e. The number of hydrogen-bond acceptors (Lipinski definition) is 2. The summed E-state index contributed by atoms with van der Waals surface area (Å²) in [7, 11) is 1.92. The molecule has 0 aliphatic carbocycles. The van der Waals surface area contributed by atoms with Gasteiger partial charge in [0.2, 0.25) is 7.98 Å². The Bertz CT molecular complexity index is 94.4. The lowest BCUT2D eigenvalue weighted by Gasteiger charge is -2.30. The van der Waals surface area contributed by atoms with Crippen molar-refractivity contribution in [3.8, 4) is 0 Å². The van der Waals surface area contributed by atoms with Crippen molar-refractivity contribution in [2.45, 2.75) is 46.5 Å². The maximum absolute atomic E-state index is 3.16. The van der Waals surface area contributed by atoms with Crippen molar-refractivity contribution in [1.82, 2.24) is 10.8 Å². The fraction of sp³-hybridized carbons (Fsp3) is 1.00. The zero-order chi connectivity index (χ0) is 9.45. The van der Waals surface area contributed by atoms with Gasteiger partial charge < -0.3 is 5.34 Å². The Morgan fingerprint density at radius 3 is 1.92 bits per heavy atom. The van der Waals surface area contributed by atoms with Crippen molar-refractivity contribution in [3.05, 3.63) is 0 Å². The predicted octanol–water partition coefficient (Wildman–Crippen LogP) is 1.24. The van der Waals surface area contributed by atoms with E-state index in [-0.39, 0.29) is 0 Å². The molecule has 72 valence electrons. The summed E-state index contributed by atoms with van der Waals surface area (Å²) in [5.74, 6) is 0. The monoisotopic (exact) mass is 170 g/mol. The molecule has 0 saturated carbocycles. The maximum Gasteiger partial charge on any atom is 0.201 e. The molecule has 0 unspecified atom stereocenters. The first-order chi connectivity index (χ1) is 5.74. The van der Waals surface area contributed by atoms with Crippen LogP contribution in [0.2, 0.25) is 0 Å². The highest BCUT2D eigenvalue weighted by molar-refractivity contribution is 6.03. The van der Waals surface area contributed by atoms with Gasteiger partial charge in [-0.3, -0.25) is 5.43 Å². The van der Waals surface area contributed by atoms with Crippen LogP contribution in [0.5, 0.6) is 0 Å². The molecule has 0 radical (unpaired) electrons. The third-order valence-corrected chi connectivity index (χ3v) is 3.21. The summed E-state index contributed by atoms with van der Waals surface area (Å²) in [5.41, 5.74) is 3.73. The van der Waals surface area contributed by atoms with Crippen molar-refractivity contribution in [1.29, 1.82) is 0 Å². The molecule has 0 atom stereocenters. The summed E-state index contributed by atoms with van der Waals surface area (Å²) in [6.07, 6.45) is 5.17. The molecule has 3 heteroatoms. The molecular formula is C9H23BN2. The van der Waals surface area contributed by atoms with Crippen molar-refractivity contribution < 1.29 is 0 Å². The number of hydrazine groups is 1. The van der Waals surface area contributed by atoms with E-state index in [1.54, 1.807) is 0 Å². The van der Waals surface area contributed by atoms with Crippen LogP contribution in [0.25, 0.3) is 0 Å². The molecule has 0 amide bonds. The van der Waals surface area contributed by atoms with Crippen molar-refractivity contribution in [3.63, 3.8) is 0 Å². The van der Waals surface area contributed by atoms with Gasteiger partial charge in [-0.25, -0.2) is 0 Å². The molecule has 0 aromatic carbocycles. The van der Waals surface area contributed by atoms with Crippen LogP contribution in [0, 0.1) is 5.41 Å². The molecule has 0 saturated heterocycles. The predicted molar refractivity (Wildman–Crippen MR) is 57.6 cm³/mol. The van der Waals surface area contributed by atoms with Gasteiger partial charge in [-0.1, -0.05) is 40.0 Å². The highest BCUT2D eigenvalue weighted by Crippen LogP contribution is 2.33. The molecule has 12 heavy (non-hydrogen) atoms. The van der Waals surface area contributed by atoms with E-state index in [9.17, 15) is 0 Å². The zero-order valence-corrected chi connectivity index (χ0v) is 9.04. The van der Waals surface area contributed by atoms with Gasteiger partial charge in [0.25, 0.3) is 0 Å². The second-order valence-electron chi connectivity index (χ2n) is 3.49. The molecule has 0 heterocycles. The zero-order valence-electron chi connectivity index (χ0n) is 9.04. The lowest BCUT2D eigenvalue weighted by molar-refractivity contribution is 0.225. The van der Waals surface area contributed by atoms with Crippen LogP contribution < -0.4 is 10.8 Å². The Kier molecular flexibility index (Phi) is 6.49. The van der Waals surface area contributed by atoms with E-state index in [1.807, 2.05) is 7.98 Å². The third kappa shape index (κ3) is 3.59. The average molecular weight is 170 g/mol. The van der Waals surface area contributed by atoms with Crippen LogP contribution in [-0.4, -0.2) is 14.5 Å². The minimum atomic E-state index is 0.573. The molecule has 0 aliphatic rings. The number of nitrogens with one attached hydrogen (secondary N) is 2. The summed E-state index contributed by atoms with van der Waals surface area (Å²) in [4.78, 5) is 0. The Hall–Kier alpha value is -0.0151. The topological polar surface area (TPSA) is 24.1 Å². The van der Waals surface area contributed by atoms with Gasteiger partial charge in [0.1, 0.15) is 0 Å². The molecule has 0 aromatic rings. The van der Waals surface area contributed by atoms with Crippen LogP contribution in [-0.2, 0) is 0 Å². The molecule has 0 rings (SSSR count). The van der Waals surface area contributed by atoms with E-state index in [4.69, 9.17) is 0 Å². The Balaban J connectivity index is 3.76. The molecule has 0 aromatic heterocycles. The second kappa shape index (κ2) is 6.50. The van der Waals surface area contributed by atoms with Crippen LogP contribution in [0.1, 0.15) is 46.5 Å². The summed E-state index contributed by atoms with van der Waals surface area (Å²) >= 11 is 0. The SMILES string of the molecule is BNNCCC(CC)(CC)CC. The molecule has 0 aliphatic heterocycles. The van der Waals surface area contributed by atoms with E-state index in [0.29, 0.717) is 5.41 Å². The first-order valence-corrected chi connectivity index (χ1v) is 5.14. The average Bonchev–Trinajstić information content (AvgIpc) is 2.14. The lowest BCUT2D eigenvalue weighted by atomic mass is 9.77. The first kappa shape index (κ1) is 12.0. The first-order valence-electron chi connectivity index (χ1n) is 5.14. The van der Waals surface area contributed by atoms with Gasteiger partial charge in [0.05, 0.1) is 0 Å². The highest BCUT2D eigenvalue weighted by Gasteiger charge is 2.22. The van der Waals surface area contributed by atoms with E-state index in [2.05, 4.69) is 31.5 Å². The van der Waals surface area contributed by atoms with Gasteiger partial charge in [-0.15, -0.1) is 0 Å². The van der Waals surface area contributed by atoms with Gasteiger partial charge >= 0.3 is 0 Å². The minimum absolute atomic E-state index is 0.573. The number of rotatable bonds is 7. The smallest absolute Gasteiger partial charge is 0.201 e. The Morgan fingerprint density at radius 1 is 1.08 bits per heavy atom. The lowest BCUT2D eigenvalue weighted by Crippen LogP contribution is -2.33. The van der Waals surface area contributed by atoms with E-state index in [0.717, 1.165) is 6.54 Å². The Labute approximate surface area is 77.9 Å². The summed E-state index contributed by atoms with van der Waals surface area (Å²) in [5, 5.41) is 2.96. The molecule has 0 spiro atoms. The van der Waals surface area contributed by atoms with E-state index < -0.39 is 0 Å². The van der Waals surface area contributed by atoms with Gasteiger partial charge in [-0.2, -0.15) is 0 Å². The van der Waals surface area contributed by atoms with Gasteiger partial charge in [0.15, 0.2) is 0 Å². The molecule has 2 nitrogen and oxygen atoms in total. The summed E-state index contributed by atoms with van der Waals surface area (Å²) in [6.45, 7) is 7.97. The summed E-state index contributed by atoms with van der Waals surface area (Å²) < 4.78 is 0. The molecule has 0 fully saturated rings. The molecular weight excluding hydrogens is 147 g/mol. The standard InChI is InChI=1S/C9H23BN2/c1-4-9(5-2,6-3)7-8-11-12-10/h11-12H,4-8,10H2,1-3H3. The fourth-order valence-electron chi connectivity index (χ4n) is 1.73. The van der Waals surface area contributed by atoms with Crippen LogP contribution >= 0.6 is 0 Å². The third-order valence-electron chi connectivity index (χ3n) is 3.21. The van der Waals surface area contributed by atoms with Crippen molar-refractivity contribution in [2.75, 3.05) is 6.54 Å². The molecule has 2 N–H and O–H groups in total. The normalized spacial score (nSPS) is 11.9. The van der Waals surface area contributed by atoms with Crippen molar-refractivity contribution >= 4 is 7.98 Å². The maximum atomic E-state index is 3.16. The Morgan fingerprint density at radius 2 is 1.58 bits per heavy atom. The molecule has 0 bridgehead atoms. The van der Waals surface area contributed by atoms with E-state index >= 15 is 0 Å². The van der Waals surface area contributed by atoms with Gasteiger partial charge in [-0.05, 0) is 11.8 Å². The van der Waals surface area contributed by atoms with E-state index in [1.165, 1.54) is 25.7 Å². The fourth-order valence-corrected chi connectivity index (χ4v) is 1.73. The summed E-state index contributed by atoms with van der Waals surface area (Å²) in [6, 6.07) is 0. The van der Waals surface area contributed by atoms with Gasteiger partial charge in [0, 0.05) is 6.54 Å². The van der Waals surface area contributed by atoms with Crippen molar-refractivity contribution in [2.24, 2.45) is 5.41 Å². The quantitative estimate of drug-likeness (QED) is 0.341. The number of hydrogen-bond donors (Lipinski definition) is 2. The van der Waals surface area contributed by atoms with Crippen LogP contribution in [0.15, 0.2) is 0 Å². The second-order valence-corrected chi connectivity index (χ2v) is 3.49. The van der Waals surface area contributed by atoms with Crippen LogP contribution in [0.3, 0.4) is 0 Å². The van der Waals surface area contributed by atoms with Crippen LogP contribution in [0.4, 0.5) is 0 Å². The minimum Gasteiger partial charge on any atom is -0.305 e.